The number of thioether (sulfide) groups is 1. The van der Waals surface area contributed by atoms with E-state index in [1.807, 2.05) is 18.7 Å². The minimum Gasteiger partial charge on any atom is -0.330 e. The monoisotopic (exact) mass is 235 g/mol. The maximum absolute atomic E-state index is 11.9. The molecule has 1 rings (SSSR count). The largest absolute Gasteiger partial charge is 0.330 e. The first-order valence-electron chi connectivity index (χ1n) is 5.04. The maximum atomic E-state index is 11.9. The van der Waals surface area contributed by atoms with Crippen molar-refractivity contribution in [2.24, 2.45) is 0 Å². The normalized spacial score (nSPS) is 25.9. The molecule has 0 radical (unpaired) electrons. The predicted molar refractivity (Wildman–Crippen MR) is 62.8 cm³/mol. The van der Waals surface area contributed by atoms with Crippen molar-refractivity contribution in [3.8, 4) is 0 Å². The van der Waals surface area contributed by atoms with Crippen LogP contribution in [0, 0.1) is 0 Å². The second kappa shape index (κ2) is 4.75. The van der Waals surface area contributed by atoms with Gasteiger partial charge >= 0.3 is 0 Å². The van der Waals surface area contributed by atoms with Crippen LogP contribution in [-0.2, 0) is 4.79 Å². The zero-order valence-corrected chi connectivity index (χ0v) is 10.6. The van der Waals surface area contributed by atoms with Gasteiger partial charge in [0.25, 0.3) is 0 Å². The fourth-order valence-corrected chi connectivity index (χ4v) is 3.30. The lowest BCUT2D eigenvalue weighted by Gasteiger charge is -2.20. The van der Waals surface area contributed by atoms with Crippen LogP contribution in [0.3, 0.4) is 0 Å². The number of hydrogen-bond donors (Lipinski definition) is 0. The second-order valence-electron chi connectivity index (χ2n) is 4.12. The molecule has 1 saturated heterocycles. The van der Waals surface area contributed by atoms with Gasteiger partial charge in [0.2, 0.25) is 5.91 Å². The van der Waals surface area contributed by atoms with Gasteiger partial charge in [0.15, 0.2) is 0 Å². The minimum absolute atomic E-state index is 0.236. The Morgan fingerprint density at radius 1 is 1.50 bits per heavy atom. The lowest BCUT2D eigenvalue weighted by Crippen LogP contribution is -2.37. The first-order chi connectivity index (χ1) is 6.49. The van der Waals surface area contributed by atoms with E-state index in [0.29, 0.717) is 11.3 Å². The summed E-state index contributed by atoms with van der Waals surface area (Å²) in [5.41, 5.74) is 0. The number of carbonyl (C=O) groups excluding carboxylic acids is 1. The average molecular weight is 236 g/mol. The number of alkyl halides is 1. The molecule has 1 aliphatic rings. The highest BCUT2D eigenvalue weighted by molar-refractivity contribution is 8.02. The Hall–Kier alpha value is 0.110. The molecule has 1 aliphatic heterocycles. The highest BCUT2D eigenvalue weighted by Gasteiger charge is 2.43. The molecule has 0 bridgehead atoms. The molecule has 0 aromatic carbocycles. The molecular weight excluding hydrogens is 218 g/mol. The summed E-state index contributed by atoms with van der Waals surface area (Å²) >= 11 is 7.35. The quantitative estimate of drug-likeness (QED) is 0.552. The van der Waals surface area contributed by atoms with Gasteiger partial charge in [-0.2, -0.15) is 0 Å². The summed E-state index contributed by atoms with van der Waals surface area (Å²) in [4.78, 5) is 13.9. The first kappa shape index (κ1) is 12.2. The molecule has 2 nitrogen and oxygen atoms in total. The topological polar surface area (TPSA) is 20.3 Å². The molecule has 0 spiro atoms. The van der Waals surface area contributed by atoms with Gasteiger partial charge in [-0.05, 0) is 33.6 Å². The molecule has 82 valence electrons. The number of hydrogen-bond acceptors (Lipinski definition) is 2. The molecule has 1 amide bonds. The Balaban J connectivity index is 2.49. The smallest absolute Gasteiger partial charge is 0.239 e. The van der Waals surface area contributed by atoms with E-state index in [1.165, 1.54) is 0 Å². The van der Waals surface area contributed by atoms with Gasteiger partial charge in [0.05, 0.1) is 10.1 Å². The van der Waals surface area contributed by atoms with Gasteiger partial charge in [0.1, 0.15) is 0 Å². The van der Waals surface area contributed by atoms with E-state index in [-0.39, 0.29) is 10.7 Å². The highest BCUT2D eigenvalue weighted by Crippen LogP contribution is 2.39. The summed E-state index contributed by atoms with van der Waals surface area (Å²) in [7, 11) is 0. The highest BCUT2D eigenvalue weighted by atomic mass is 35.5. The summed E-state index contributed by atoms with van der Waals surface area (Å²) in [5, 5.41) is 0.313. The molecule has 0 aromatic rings. The van der Waals surface area contributed by atoms with Crippen LogP contribution in [0.4, 0.5) is 0 Å². The predicted octanol–water partition coefficient (Wildman–Crippen LogP) is 2.71. The Bertz CT molecular complexity index is 220. The van der Waals surface area contributed by atoms with Crippen LogP contribution in [0.5, 0.6) is 0 Å². The Morgan fingerprint density at radius 3 is 2.57 bits per heavy atom. The van der Waals surface area contributed by atoms with Crippen LogP contribution >= 0.6 is 23.4 Å². The van der Waals surface area contributed by atoms with Crippen molar-refractivity contribution in [2.45, 2.75) is 43.7 Å². The molecule has 0 N–H and O–H groups in total. The van der Waals surface area contributed by atoms with E-state index in [1.54, 1.807) is 11.8 Å². The molecule has 1 atom stereocenters. The molecule has 14 heavy (non-hydrogen) atoms. The number of nitrogens with zero attached hydrogens (tertiary/aromatic N) is 1. The molecule has 1 heterocycles. The first-order valence-corrected chi connectivity index (χ1v) is 6.45. The van der Waals surface area contributed by atoms with Crippen LogP contribution in [-0.4, -0.2) is 33.4 Å². The SMILES string of the molecule is CC1SC(C)(C)C(=O)N1CCCCCl. The minimum atomic E-state index is -0.236. The van der Waals surface area contributed by atoms with Crippen molar-refractivity contribution in [3.05, 3.63) is 0 Å². The van der Waals surface area contributed by atoms with Crippen molar-refractivity contribution in [1.29, 1.82) is 0 Å². The van der Waals surface area contributed by atoms with E-state index in [2.05, 4.69) is 6.92 Å². The second-order valence-corrected chi connectivity index (χ2v) is 6.44. The number of unbranched alkanes of at least 4 members (excludes halogenated alkanes) is 1. The third-order valence-electron chi connectivity index (χ3n) is 2.46. The van der Waals surface area contributed by atoms with Crippen LogP contribution in [0.15, 0.2) is 0 Å². The van der Waals surface area contributed by atoms with E-state index >= 15 is 0 Å². The van der Waals surface area contributed by atoms with Gasteiger partial charge in [-0.15, -0.1) is 23.4 Å². The Morgan fingerprint density at radius 2 is 2.14 bits per heavy atom. The van der Waals surface area contributed by atoms with Crippen molar-refractivity contribution < 1.29 is 4.79 Å². The number of rotatable bonds is 4. The molecule has 1 fully saturated rings. The van der Waals surface area contributed by atoms with Gasteiger partial charge in [-0.1, -0.05) is 0 Å². The van der Waals surface area contributed by atoms with E-state index in [4.69, 9.17) is 11.6 Å². The lowest BCUT2D eigenvalue weighted by atomic mass is 10.1. The molecule has 4 heteroatoms. The third-order valence-corrected chi connectivity index (χ3v) is 4.09. The molecule has 1 unspecified atom stereocenters. The zero-order valence-electron chi connectivity index (χ0n) is 9.05. The van der Waals surface area contributed by atoms with Crippen LogP contribution in [0.25, 0.3) is 0 Å². The lowest BCUT2D eigenvalue weighted by molar-refractivity contribution is -0.131. The van der Waals surface area contributed by atoms with Crippen molar-refractivity contribution in [3.63, 3.8) is 0 Å². The van der Waals surface area contributed by atoms with Gasteiger partial charge in [-0.3, -0.25) is 4.79 Å². The van der Waals surface area contributed by atoms with Crippen molar-refractivity contribution in [2.75, 3.05) is 12.4 Å². The Labute approximate surface area is 95.4 Å². The van der Waals surface area contributed by atoms with E-state index in [9.17, 15) is 4.79 Å². The van der Waals surface area contributed by atoms with Gasteiger partial charge in [-0.25, -0.2) is 0 Å². The van der Waals surface area contributed by atoms with E-state index < -0.39 is 0 Å². The summed E-state index contributed by atoms with van der Waals surface area (Å²) in [6.45, 7) is 6.94. The van der Waals surface area contributed by atoms with Crippen molar-refractivity contribution in [1.82, 2.24) is 4.90 Å². The zero-order chi connectivity index (χ0) is 10.8. The Kier molecular flexibility index (Phi) is 4.14. The summed E-state index contributed by atoms with van der Waals surface area (Å²) < 4.78 is -0.236. The van der Waals surface area contributed by atoms with E-state index in [0.717, 1.165) is 19.4 Å². The van der Waals surface area contributed by atoms with Crippen LogP contribution < -0.4 is 0 Å². The molecular formula is C10H18ClNOS. The van der Waals surface area contributed by atoms with Crippen LogP contribution in [0.1, 0.15) is 33.6 Å². The summed E-state index contributed by atoms with van der Waals surface area (Å²) in [6, 6.07) is 0. The maximum Gasteiger partial charge on any atom is 0.239 e. The summed E-state index contributed by atoms with van der Waals surface area (Å²) in [6.07, 6.45) is 2.00. The van der Waals surface area contributed by atoms with Crippen LogP contribution in [0.2, 0.25) is 0 Å². The van der Waals surface area contributed by atoms with Crippen molar-refractivity contribution >= 4 is 29.3 Å². The fourth-order valence-electron chi connectivity index (χ4n) is 1.71. The summed E-state index contributed by atoms with van der Waals surface area (Å²) in [5.74, 6) is 0.956. The van der Waals surface area contributed by atoms with Gasteiger partial charge in [0, 0.05) is 12.4 Å². The number of halogens is 1. The molecule has 0 aliphatic carbocycles. The number of carbonyl (C=O) groups is 1. The van der Waals surface area contributed by atoms with Gasteiger partial charge < -0.3 is 4.90 Å². The molecule has 0 saturated carbocycles. The standard InChI is InChI=1S/C10H18ClNOS/c1-8-12(7-5-4-6-11)9(13)10(2,3)14-8/h8H,4-7H2,1-3H3. The molecule has 0 aromatic heterocycles. The average Bonchev–Trinajstić information content (AvgIpc) is 2.27. The fraction of sp³-hybridized carbons (Fsp3) is 0.900. The number of amides is 1. The third kappa shape index (κ3) is 2.57.